The molecule has 6 rings (SSSR count). The maximum absolute atomic E-state index is 13.6. The number of rotatable bonds is 10. The van der Waals surface area contributed by atoms with Crippen LogP contribution >= 0.6 is 0 Å². The second-order valence-electron chi connectivity index (χ2n) is 11.4. The number of sulfonamides is 1. The zero-order chi connectivity index (χ0) is 34.9. The standard InChI is InChI=1S/C32H31F3N6O7S/c1-21-8-10-23(11-9-21)28-20-29(32(33,34)35)36-39(28)26-12-14-27(15-13-26)49(44,45)37-30(42)24-16-18-38(19-17-24)40-41(48-40)47-22(2)46-31(43)25-6-4-3-5-7-25/h3-15,20,22,24H,16-19H2,1-2H3,(H,37,42). The molecule has 0 saturated carbocycles. The van der Waals surface area contributed by atoms with Crippen LogP contribution in [0.5, 0.6) is 0 Å². The lowest BCUT2D eigenvalue weighted by molar-refractivity contribution is -0.141. The quantitative estimate of drug-likeness (QED) is 0.164. The molecule has 3 aromatic carbocycles. The molecular formula is C32H31F3N6O7S. The highest BCUT2D eigenvalue weighted by Crippen LogP contribution is 2.33. The summed E-state index contributed by atoms with van der Waals surface area (Å²) in [5.41, 5.74) is 1.06. The van der Waals surface area contributed by atoms with Crippen molar-refractivity contribution >= 4 is 21.9 Å². The van der Waals surface area contributed by atoms with E-state index in [1.807, 2.05) is 6.92 Å². The number of halogens is 3. The van der Waals surface area contributed by atoms with Gasteiger partial charge in [-0.15, -0.1) is 0 Å². The number of alkyl halides is 3. The topological polar surface area (TPSA) is 143 Å². The minimum absolute atomic E-state index is 0.172. The third kappa shape index (κ3) is 7.66. The van der Waals surface area contributed by atoms with Gasteiger partial charge in [0.05, 0.1) is 21.8 Å². The van der Waals surface area contributed by atoms with Crippen molar-refractivity contribution in [1.82, 2.24) is 24.5 Å². The molecule has 3 heterocycles. The van der Waals surface area contributed by atoms with Crippen LogP contribution in [0.25, 0.3) is 16.9 Å². The van der Waals surface area contributed by atoms with Gasteiger partial charge in [-0.05, 0) is 62.2 Å². The number of nitrogens with zero attached hydrogens (tertiary/aromatic N) is 5. The second-order valence-corrected chi connectivity index (χ2v) is 13.1. The number of aryl methyl sites for hydroxylation is 1. The van der Waals surface area contributed by atoms with E-state index < -0.39 is 46.0 Å². The number of benzene rings is 3. The molecule has 49 heavy (non-hydrogen) atoms. The number of nitrogens with one attached hydrogen (secondary N) is 1. The van der Waals surface area contributed by atoms with Crippen molar-refractivity contribution in [2.24, 2.45) is 5.92 Å². The maximum atomic E-state index is 13.6. The summed E-state index contributed by atoms with van der Waals surface area (Å²) < 4.78 is 80.5. The second kappa shape index (κ2) is 13.2. The van der Waals surface area contributed by atoms with Gasteiger partial charge in [0, 0.05) is 36.5 Å². The minimum atomic E-state index is -4.69. The Kier molecular flexibility index (Phi) is 9.02. The maximum Gasteiger partial charge on any atom is 0.435 e. The molecule has 0 aliphatic carbocycles. The molecule has 0 bridgehead atoms. The Bertz CT molecular complexity index is 2020. The molecule has 1 saturated heterocycles. The Balaban J connectivity index is 1.04. The number of carbonyl (C=O) groups is 2. The fourth-order valence-corrected chi connectivity index (χ4v) is 6.23. The van der Waals surface area contributed by atoms with Crippen molar-refractivity contribution in [3.63, 3.8) is 0 Å². The first-order chi connectivity index (χ1) is 23.3. The number of piperidine rings is 1. The first-order valence-electron chi connectivity index (χ1n) is 15.2. The highest BCUT2D eigenvalue weighted by molar-refractivity contribution is 7.90. The van der Waals surface area contributed by atoms with Gasteiger partial charge in [-0.3, -0.25) is 9.80 Å². The van der Waals surface area contributed by atoms with Crippen molar-refractivity contribution in [3.8, 4) is 16.9 Å². The molecule has 1 unspecified atom stereocenters. The number of hydrogen-bond donors (Lipinski definition) is 1. The minimum Gasteiger partial charge on any atom is -0.420 e. The predicted octanol–water partition coefficient (Wildman–Crippen LogP) is 4.55. The molecule has 1 aliphatic heterocycles. The van der Waals surface area contributed by atoms with Crippen LogP contribution in [-0.4, -0.2) is 59.4 Å². The number of ether oxygens (including phenoxy) is 1. The van der Waals surface area contributed by atoms with E-state index >= 15 is 0 Å². The summed E-state index contributed by atoms with van der Waals surface area (Å²) in [6.45, 7) is 4.04. The number of hydrogen-bond acceptors (Lipinski definition) is 9. The summed E-state index contributed by atoms with van der Waals surface area (Å²) in [5, 5.41) is 6.49. The van der Waals surface area contributed by atoms with E-state index in [0.29, 0.717) is 37.1 Å². The Labute approximate surface area is 278 Å². The molecule has 17 heteroatoms. The van der Waals surface area contributed by atoms with Crippen LogP contribution in [0.15, 0.2) is 94.5 Å². The van der Waals surface area contributed by atoms with Crippen LogP contribution in [0.3, 0.4) is 0 Å². The van der Waals surface area contributed by atoms with Gasteiger partial charge in [0.15, 0.2) is 5.69 Å². The summed E-state index contributed by atoms with van der Waals surface area (Å²) in [7, 11) is -4.29. The summed E-state index contributed by atoms with van der Waals surface area (Å²) in [4.78, 5) is 31.6. The van der Waals surface area contributed by atoms with Gasteiger partial charge in [0.2, 0.25) is 5.91 Å². The van der Waals surface area contributed by atoms with Gasteiger partial charge < -0.3 is 9.57 Å². The zero-order valence-electron chi connectivity index (χ0n) is 26.2. The highest BCUT2D eigenvalue weighted by Gasteiger charge is 2.36. The lowest BCUT2D eigenvalue weighted by Crippen LogP contribution is -2.45. The van der Waals surface area contributed by atoms with Crippen LogP contribution in [0.2, 0.25) is 0 Å². The van der Waals surface area contributed by atoms with Gasteiger partial charge in [0.1, 0.15) is 5.02 Å². The number of aromatic nitrogens is 4. The average molecular weight is 701 g/mol. The number of amides is 1. The van der Waals surface area contributed by atoms with Crippen LogP contribution < -0.4 is 14.6 Å². The van der Waals surface area contributed by atoms with Crippen molar-refractivity contribution < 1.29 is 45.4 Å². The Morgan fingerprint density at radius 3 is 2.27 bits per heavy atom. The lowest BCUT2D eigenvalue weighted by atomic mass is 9.97. The molecule has 5 aromatic rings. The molecule has 258 valence electrons. The monoisotopic (exact) mass is 700 g/mol. The Morgan fingerprint density at radius 2 is 1.63 bits per heavy atom. The zero-order valence-corrected chi connectivity index (χ0v) is 27.0. The molecule has 1 fully saturated rings. The van der Waals surface area contributed by atoms with Crippen molar-refractivity contribution in [2.75, 3.05) is 18.1 Å². The highest BCUT2D eigenvalue weighted by atomic mass is 32.2. The average Bonchev–Trinajstić information content (AvgIpc) is 3.68. The van der Waals surface area contributed by atoms with Gasteiger partial charge in [-0.2, -0.15) is 22.9 Å². The molecule has 1 N–H and O–H groups in total. The van der Waals surface area contributed by atoms with Gasteiger partial charge in [-0.25, -0.2) is 22.6 Å². The van der Waals surface area contributed by atoms with Gasteiger partial charge in [-0.1, -0.05) is 48.0 Å². The van der Waals surface area contributed by atoms with Crippen molar-refractivity contribution in [1.29, 1.82) is 0 Å². The predicted molar refractivity (Wildman–Crippen MR) is 167 cm³/mol. The number of carbonyl (C=O) groups excluding carboxylic acids is 2. The van der Waals surface area contributed by atoms with E-state index in [1.54, 1.807) is 59.6 Å². The molecule has 13 nitrogen and oxygen atoms in total. The summed E-state index contributed by atoms with van der Waals surface area (Å²) in [5.74, 6) is -1.87. The molecule has 2 aromatic heterocycles. The fourth-order valence-electron chi connectivity index (χ4n) is 5.19. The Hall–Kier alpha value is -5.45. The van der Waals surface area contributed by atoms with Gasteiger partial charge in [0.25, 0.3) is 16.3 Å². The normalized spacial score (nSPS) is 14.8. The van der Waals surface area contributed by atoms with Crippen molar-refractivity contribution in [3.05, 3.63) is 102 Å². The molecular weight excluding hydrogens is 669 g/mol. The van der Waals surface area contributed by atoms with E-state index in [4.69, 9.17) is 14.2 Å². The van der Waals surface area contributed by atoms with E-state index in [0.717, 1.165) is 21.3 Å². The van der Waals surface area contributed by atoms with E-state index in [2.05, 4.69) is 9.82 Å². The van der Waals surface area contributed by atoms with Crippen LogP contribution in [0.1, 0.15) is 41.4 Å². The first-order valence-corrected chi connectivity index (χ1v) is 16.6. The number of esters is 1. The first kappa shape index (κ1) is 33.5. The summed E-state index contributed by atoms with van der Waals surface area (Å²) in [6.07, 6.45) is -5.06. The third-order valence-electron chi connectivity index (χ3n) is 7.84. The van der Waals surface area contributed by atoms with Crippen LogP contribution in [-0.2, 0) is 25.7 Å². The van der Waals surface area contributed by atoms with Crippen LogP contribution in [0, 0.1) is 12.8 Å². The molecule has 0 radical (unpaired) electrons. The van der Waals surface area contributed by atoms with E-state index in [-0.39, 0.29) is 16.3 Å². The summed E-state index contributed by atoms with van der Waals surface area (Å²) >= 11 is 0. The lowest BCUT2D eigenvalue weighted by Gasteiger charge is -2.28. The van der Waals surface area contributed by atoms with E-state index in [9.17, 15) is 31.2 Å². The Morgan fingerprint density at radius 1 is 0.980 bits per heavy atom. The van der Waals surface area contributed by atoms with Gasteiger partial charge >= 0.3 is 12.1 Å². The molecule has 1 amide bonds. The SMILES string of the molecule is Cc1ccc(-c2cc(C(F)(F)F)nn2-c2ccc(S(=O)(=O)NC(=O)C3CCN(n4on4OC(C)OC(=O)c4ccccc4)CC3)cc2)cc1. The van der Waals surface area contributed by atoms with Crippen LogP contribution in [0.4, 0.5) is 13.2 Å². The molecule has 1 atom stereocenters. The van der Waals surface area contributed by atoms with Crippen molar-refractivity contribution in [2.45, 2.75) is 44.1 Å². The largest absolute Gasteiger partial charge is 0.435 e. The molecule has 0 spiro atoms. The third-order valence-corrected chi connectivity index (χ3v) is 9.20. The summed E-state index contributed by atoms with van der Waals surface area (Å²) in [6, 6.07) is 21.3. The van der Waals surface area contributed by atoms with E-state index in [1.165, 1.54) is 36.2 Å². The molecule has 1 aliphatic rings. The fraction of sp³-hybridized carbons (Fsp3) is 0.281. The smallest absolute Gasteiger partial charge is 0.420 e.